The van der Waals surface area contributed by atoms with E-state index in [1.807, 2.05) is 6.07 Å². The van der Waals surface area contributed by atoms with Crippen molar-refractivity contribution in [2.45, 2.75) is 19.4 Å². The van der Waals surface area contributed by atoms with E-state index >= 15 is 0 Å². The summed E-state index contributed by atoms with van der Waals surface area (Å²) in [6, 6.07) is 3.57. The number of nitrogens with one attached hydrogen (secondary N) is 1. The number of carbonyl (C=O) groups is 1. The van der Waals surface area contributed by atoms with Crippen molar-refractivity contribution in [3.8, 4) is 0 Å². The molecule has 0 aliphatic carbocycles. The van der Waals surface area contributed by atoms with Crippen LogP contribution < -0.4 is 10.9 Å². The van der Waals surface area contributed by atoms with Gasteiger partial charge in [0.05, 0.1) is 5.69 Å². The van der Waals surface area contributed by atoms with E-state index in [0.717, 1.165) is 10.4 Å². The van der Waals surface area contributed by atoms with Gasteiger partial charge in [0, 0.05) is 4.47 Å². The Morgan fingerprint density at radius 3 is 2.76 bits per heavy atom. The zero-order valence-corrected chi connectivity index (χ0v) is 10.8. The molecule has 0 saturated heterocycles. The lowest BCUT2D eigenvalue weighted by Crippen LogP contribution is -2.46. The van der Waals surface area contributed by atoms with Crippen LogP contribution in [0.5, 0.6) is 0 Å². The Hall–Kier alpha value is -1.56. The van der Waals surface area contributed by atoms with Crippen molar-refractivity contribution in [3.05, 3.63) is 27.0 Å². The molecule has 0 unspecified atom stereocenters. The van der Waals surface area contributed by atoms with Crippen molar-refractivity contribution in [2.24, 2.45) is 0 Å². The molecule has 0 saturated carbocycles. The van der Waals surface area contributed by atoms with Gasteiger partial charge in [0.2, 0.25) is 0 Å². The van der Waals surface area contributed by atoms with Crippen LogP contribution in [0.25, 0.3) is 10.9 Å². The molecule has 2 aromatic rings. The molecule has 1 aliphatic rings. The number of carbonyl (C=O) groups excluding carboxylic acids is 1. The molecule has 1 aromatic carbocycles. The van der Waals surface area contributed by atoms with Crippen LogP contribution >= 0.6 is 15.9 Å². The second kappa shape index (κ2) is 3.01. The highest BCUT2D eigenvalue weighted by Gasteiger charge is 2.37. The molecule has 17 heavy (non-hydrogen) atoms. The predicted octanol–water partition coefficient (Wildman–Crippen LogP) is 2.20. The topological polar surface area (TPSA) is 64.2 Å². The highest BCUT2D eigenvalue weighted by Crippen LogP contribution is 2.34. The van der Waals surface area contributed by atoms with Crippen LogP contribution in [-0.4, -0.2) is 16.2 Å². The smallest absolute Gasteiger partial charge is 0.367 e. The summed E-state index contributed by atoms with van der Waals surface area (Å²) in [5.74, 6) is -0.282. The lowest BCUT2D eigenvalue weighted by atomic mass is 10.0. The molecule has 1 aliphatic heterocycles. The van der Waals surface area contributed by atoms with Crippen molar-refractivity contribution in [2.75, 3.05) is 5.32 Å². The van der Waals surface area contributed by atoms with Gasteiger partial charge in [-0.3, -0.25) is 4.79 Å². The molecular formula is C11H9BrN2O3. The third-order valence-corrected chi connectivity index (χ3v) is 3.54. The number of anilines is 1. The third-order valence-electron chi connectivity index (χ3n) is 2.87. The molecule has 3 rings (SSSR count). The molecule has 0 atom stereocenters. The number of halogens is 1. The molecular weight excluding hydrogens is 288 g/mol. The molecule has 1 N–H and O–H groups in total. The molecule has 0 amide bonds. The Morgan fingerprint density at radius 2 is 2.06 bits per heavy atom. The second-order valence-corrected chi connectivity index (χ2v) is 5.40. The van der Waals surface area contributed by atoms with Crippen LogP contribution in [0.15, 0.2) is 25.9 Å². The van der Waals surface area contributed by atoms with Gasteiger partial charge in [0.1, 0.15) is 16.4 Å². The largest absolute Gasteiger partial charge is 0.370 e. The maximum atomic E-state index is 12.1. The van der Waals surface area contributed by atoms with Gasteiger partial charge in [0.25, 0.3) is 5.91 Å². The first-order valence-corrected chi connectivity index (χ1v) is 5.88. The number of hydrogen-bond donors (Lipinski definition) is 1. The van der Waals surface area contributed by atoms with Gasteiger partial charge in [-0.25, -0.2) is 4.79 Å². The average molecular weight is 297 g/mol. The van der Waals surface area contributed by atoms with E-state index in [-0.39, 0.29) is 5.91 Å². The highest BCUT2D eigenvalue weighted by molar-refractivity contribution is 9.10. The quantitative estimate of drug-likeness (QED) is 0.809. The van der Waals surface area contributed by atoms with Crippen LogP contribution in [0.1, 0.15) is 18.6 Å². The van der Waals surface area contributed by atoms with E-state index in [0.29, 0.717) is 15.4 Å². The fourth-order valence-corrected chi connectivity index (χ4v) is 2.52. The minimum atomic E-state index is -0.789. The monoisotopic (exact) mass is 296 g/mol. The Morgan fingerprint density at radius 1 is 1.35 bits per heavy atom. The van der Waals surface area contributed by atoms with E-state index < -0.39 is 11.2 Å². The van der Waals surface area contributed by atoms with Crippen LogP contribution in [0.2, 0.25) is 0 Å². The summed E-state index contributed by atoms with van der Waals surface area (Å²) < 4.78 is 6.72. The summed E-state index contributed by atoms with van der Waals surface area (Å²) in [7, 11) is 0. The first-order chi connectivity index (χ1) is 7.92. The van der Waals surface area contributed by atoms with Crippen molar-refractivity contribution < 1.29 is 9.32 Å². The first-order valence-electron chi connectivity index (χ1n) is 5.09. The van der Waals surface area contributed by atoms with Crippen molar-refractivity contribution in [3.63, 3.8) is 0 Å². The standard InChI is InChI=1S/C11H9BrN2O3/c1-11(2)10(16)14-8-6(13-11)4-3-5(12)7(8)9(15)17-14/h3-4,13H,1-2H3. The van der Waals surface area contributed by atoms with Gasteiger partial charge < -0.3 is 9.84 Å². The van der Waals surface area contributed by atoms with Crippen molar-refractivity contribution >= 4 is 38.4 Å². The minimum absolute atomic E-state index is 0.282. The molecule has 88 valence electrons. The number of nitrogens with zero attached hydrogens (tertiary/aromatic N) is 1. The van der Waals surface area contributed by atoms with Gasteiger partial charge in [-0.1, -0.05) is 0 Å². The third kappa shape index (κ3) is 1.24. The van der Waals surface area contributed by atoms with Crippen LogP contribution in [0.3, 0.4) is 0 Å². The fraction of sp³-hybridized carbons (Fsp3) is 0.273. The molecule has 0 radical (unpaired) electrons. The zero-order valence-electron chi connectivity index (χ0n) is 9.20. The summed E-state index contributed by atoms with van der Waals surface area (Å²) in [6.07, 6.45) is 0. The maximum Gasteiger partial charge on any atom is 0.367 e. The Balaban J connectivity index is 2.52. The summed E-state index contributed by atoms with van der Waals surface area (Å²) in [5.41, 5.74) is -0.0863. The Kier molecular flexibility index (Phi) is 1.87. The van der Waals surface area contributed by atoms with E-state index in [1.54, 1.807) is 19.9 Å². The van der Waals surface area contributed by atoms with Gasteiger partial charge in [-0.2, -0.15) is 0 Å². The lowest BCUT2D eigenvalue weighted by Gasteiger charge is -2.29. The van der Waals surface area contributed by atoms with Crippen LogP contribution in [0, 0.1) is 0 Å². The summed E-state index contributed by atoms with van der Waals surface area (Å²) in [4.78, 5) is 23.8. The summed E-state index contributed by atoms with van der Waals surface area (Å²) >= 11 is 3.28. The highest BCUT2D eigenvalue weighted by atomic mass is 79.9. The maximum absolute atomic E-state index is 12.1. The first kappa shape index (κ1) is 10.6. The Bertz CT molecular complexity index is 711. The Labute approximate surface area is 104 Å². The van der Waals surface area contributed by atoms with Crippen LogP contribution in [0.4, 0.5) is 5.69 Å². The SMILES string of the molecule is CC1(C)Nc2ccc(Br)c3c(=O)on(c23)C1=O. The summed E-state index contributed by atoms with van der Waals surface area (Å²) in [6.45, 7) is 3.48. The van der Waals surface area contributed by atoms with Gasteiger partial charge >= 0.3 is 5.63 Å². The molecule has 0 fully saturated rings. The van der Waals surface area contributed by atoms with E-state index in [4.69, 9.17) is 4.52 Å². The van der Waals surface area contributed by atoms with E-state index in [9.17, 15) is 9.59 Å². The summed E-state index contributed by atoms with van der Waals surface area (Å²) in [5, 5.41) is 3.49. The van der Waals surface area contributed by atoms with Crippen LogP contribution in [-0.2, 0) is 0 Å². The van der Waals surface area contributed by atoms with Gasteiger partial charge in [-0.15, -0.1) is 4.74 Å². The van der Waals surface area contributed by atoms with E-state index in [2.05, 4.69) is 21.2 Å². The fourth-order valence-electron chi connectivity index (χ4n) is 2.03. The molecule has 6 heteroatoms. The predicted molar refractivity (Wildman–Crippen MR) is 66.5 cm³/mol. The van der Waals surface area contributed by atoms with Crippen molar-refractivity contribution in [1.29, 1.82) is 0 Å². The van der Waals surface area contributed by atoms with Gasteiger partial charge in [-0.05, 0) is 41.9 Å². The molecule has 0 spiro atoms. The number of hydrogen-bond acceptors (Lipinski definition) is 4. The molecule has 0 bridgehead atoms. The molecule has 2 heterocycles. The lowest BCUT2D eigenvalue weighted by molar-refractivity contribution is 0.0715. The minimum Gasteiger partial charge on any atom is -0.370 e. The average Bonchev–Trinajstić information content (AvgIpc) is 2.59. The number of aromatic nitrogens is 1. The normalized spacial score (nSPS) is 17.2. The second-order valence-electron chi connectivity index (χ2n) is 4.55. The number of rotatable bonds is 0. The number of benzene rings is 1. The molecule has 5 nitrogen and oxygen atoms in total. The van der Waals surface area contributed by atoms with E-state index in [1.165, 1.54) is 0 Å². The van der Waals surface area contributed by atoms with Gasteiger partial charge in [0.15, 0.2) is 0 Å². The molecule has 1 aromatic heterocycles. The zero-order chi connectivity index (χ0) is 12.4. The van der Waals surface area contributed by atoms with Crippen molar-refractivity contribution in [1.82, 2.24) is 4.74 Å².